The van der Waals surface area contributed by atoms with Crippen molar-refractivity contribution in [1.29, 1.82) is 0 Å². The Kier molecular flexibility index (Phi) is 4.30. The molecule has 1 N–H and O–H groups in total. The van der Waals surface area contributed by atoms with E-state index in [9.17, 15) is 5.11 Å². The minimum atomic E-state index is -1.64. The summed E-state index contributed by atoms with van der Waals surface area (Å²) in [5.41, 5.74) is 0. The summed E-state index contributed by atoms with van der Waals surface area (Å²) in [6.45, 7) is 12.1. The molecule has 0 aromatic carbocycles. The van der Waals surface area contributed by atoms with Crippen molar-refractivity contribution in [3.05, 3.63) is 0 Å². The molecular weight excluding hydrogens is 215 g/mol. The molecule has 0 saturated heterocycles. The molecule has 0 aromatic heterocycles. The minimum Gasteiger partial charge on any atom is -0.416 e. The van der Waals surface area contributed by atoms with E-state index in [2.05, 4.69) is 41.7 Å². The third-order valence-corrected chi connectivity index (χ3v) is 8.86. The third kappa shape index (κ3) is 3.35. The van der Waals surface area contributed by atoms with Crippen LogP contribution in [-0.2, 0) is 4.43 Å². The van der Waals surface area contributed by atoms with E-state index in [0.29, 0.717) is 11.7 Å². The summed E-state index contributed by atoms with van der Waals surface area (Å²) < 4.78 is 6.18. The van der Waals surface area contributed by atoms with Gasteiger partial charge in [0.1, 0.15) is 7.85 Å². The summed E-state index contributed by atoms with van der Waals surface area (Å²) in [4.78, 5) is 0. The van der Waals surface area contributed by atoms with Gasteiger partial charge in [0.25, 0.3) is 0 Å². The van der Waals surface area contributed by atoms with Crippen LogP contribution in [0.2, 0.25) is 23.9 Å². The van der Waals surface area contributed by atoms with Crippen LogP contribution in [0.5, 0.6) is 0 Å². The molecule has 3 unspecified atom stereocenters. The molecule has 1 rings (SSSR count). The zero-order chi connectivity index (χ0) is 12.6. The molecule has 16 heavy (non-hydrogen) atoms. The Morgan fingerprint density at radius 1 is 1.31 bits per heavy atom. The van der Waals surface area contributed by atoms with Gasteiger partial charge in [0.05, 0.1) is 6.10 Å². The van der Waals surface area contributed by atoms with Crippen LogP contribution in [0.1, 0.15) is 33.6 Å². The van der Waals surface area contributed by atoms with Crippen LogP contribution in [0.15, 0.2) is 0 Å². The zero-order valence-electron chi connectivity index (χ0n) is 11.7. The van der Waals surface area contributed by atoms with E-state index in [-0.39, 0.29) is 11.1 Å². The Bertz CT molecular complexity index is 238. The van der Waals surface area contributed by atoms with Gasteiger partial charge in [0.15, 0.2) is 8.32 Å². The molecule has 0 spiro atoms. The first-order valence-electron chi connectivity index (χ1n) is 6.45. The van der Waals surface area contributed by atoms with Gasteiger partial charge in [-0.15, -0.1) is 0 Å². The fourth-order valence-electron chi connectivity index (χ4n) is 2.09. The second kappa shape index (κ2) is 4.83. The Hall–Kier alpha value is 0.202. The molecule has 0 amide bonds. The molecule has 4 heteroatoms. The Labute approximate surface area is 102 Å². The lowest BCUT2D eigenvalue weighted by molar-refractivity contribution is 0.0939. The molecule has 0 radical (unpaired) electrons. The van der Waals surface area contributed by atoms with Crippen molar-refractivity contribution in [3.8, 4) is 0 Å². The van der Waals surface area contributed by atoms with Gasteiger partial charge < -0.3 is 9.53 Å². The van der Waals surface area contributed by atoms with Gasteiger partial charge in [-0.1, -0.05) is 33.0 Å². The maximum atomic E-state index is 9.89. The van der Waals surface area contributed by atoms with Crippen LogP contribution in [0.4, 0.5) is 0 Å². The summed E-state index contributed by atoms with van der Waals surface area (Å²) in [6.07, 6.45) is 1.93. The van der Waals surface area contributed by atoms with Gasteiger partial charge in [0, 0.05) is 12.5 Å². The molecule has 3 atom stereocenters. The van der Waals surface area contributed by atoms with E-state index in [1.165, 1.54) is 0 Å². The van der Waals surface area contributed by atoms with Crippen molar-refractivity contribution in [2.24, 2.45) is 5.92 Å². The van der Waals surface area contributed by atoms with Gasteiger partial charge in [-0.2, -0.15) is 0 Å². The molecule has 0 aliphatic heterocycles. The molecular formula is C12H27BO2Si. The Morgan fingerprint density at radius 2 is 1.88 bits per heavy atom. The maximum Gasteiger partial charge on any atom is 0.191 e. The lowest BCUT2D eigenvalue weighted by Gasteiger charge is -2.37. The topological polar surface area (TPSA) is 29.5 Å². The summed E-state index contributed by atoms with van der Waals surface area (Å²) in [7, 11) is 0.583. The van der Waals surface area contributed by atoms with E-state index < -0.39 is 8.32 Å². The molecule has 0 bridgehead atoms. The van der Waals surface area contributed by atoms with Gasteiger partial charge in [-0.25, -0.2) is 0 Å². The van der Waals surface area contributed by atoms with Crippen molar-refractivity contribution >= 4 is 16.2 Å². The molecule has 0 heterocycles. The smallest absolute Gasteiger partial charge is 0.191 e. The molecule has 1 fully saturated rings. The van der Waals surface area contributed by atoms with Crippen LogP contribution in [0.25, 0.3) is 0 Å². The van der Waals surface area contributed by atoms with Crippen LogP contribution in [0.3, 0.4) is 0 Å². The highest BCUT2D eigenvalue weighted by Crippen LogP contribution is 2.39. The highest BCUT2D eigenvalue weighted by molar-refractivity contribution is 6.74. The third-order valence-electron chi connectivity index (χ3n) is 4.36. The average Bonchev–Trinajstić information content (AvgIpc) is 2.39. The first-order chi connectivity index (χ1) is 7.13. The molecule has 1 saturated carbocycles. The first-order valence-corrected chi connectivity index (χ1v) is 9.36. The molecule has 2 nitrogen and oxygen atoms in total. The predicted octanol–water partition coefficient (Wildman–Crippen LogP) is 2.20. The van der Waals surface area contributed by atoms with Gasteiger partial charge in [-0.3, -0.25) is 0 Å². The van der Waals surface area contributed by atoms with Gasteiger partial charge in [0.2, 0.25) is 0 Å². The lowest BCUT2D eigenvalue weighted by atomic mass is 9.85. The van der Waals surface area contributed by atoms with Gasteiger partial charge in [-0.05, 0) is 24.6 Å². The fourth-order valence-corrected chi connectivity index (χ4v) is 3.15. The van der Waals surface area contributed by atoms with E-state index in [4.69, 9.17) is 4.43 Å². The number of hydrogen-bond acceptors (Lipinski definition) is 2. The SMILES string of the molecule is BC1CC(O)C(CO[Si](C)(C)C(C)(C)C)C1. The highest BCUT2D eigenvalue weighted by atomic mass is 28.4. The predicted molar refractivity (Wildman–Crippen MR) is 74.2 cm³/mol. The summed E-state index contributed by atoms with van der Waals surface area (Å²) in [6, 6.07) is 0. The standard InChI is InChI=1S/C12H27BO2Si/c1-12(2,3)16(4,5)15-8-9-6-10(13)7-11(9)14/h9-11,14H,6-8,13H2,1-5H3. The average molecular weight is 242 g/mol. The van der Waals surface area contributed by atoms with Crippen LogP contribution < -0.4 is 0 Å². The quantitative estimate of drug-likeness (QED) is 0.769. The zero-order valence-corrected chi connectivity index (χ0v) is 12.7. The Morgan fingerprint density at radius 3 is 2.25 bits per heavy atom. The van der Waals surface area contributed by atoms with Crippen LogP contribution >= 0.6 is 0 Å². The van der Waals surface area contributed by atoms with E-state index in [1.807, 2.05) is 0 Å². The number of rotatable bonds is 3. The van der Waals surface area contributed by atoms with Crippen molar-refractivity contribution in [3.63, 3.8) is 0 Å². The van der Waals surface area contributed by atoms with E-state index in [1.54, 1.807) is 0 Å². The second-order valence-electron chi connectivity index (χ2n) is 6.98. The molecule has 0 aromatic rings. The largest absolute Gasteiger partial charge is 0.416 e. The number of aliphatic hydroxyl groups excluding tert-OH is 1. The highest BCUT2D eigenvalue weighted by Gasteiger charge is 2.39. The van der Waals surface area contributed by atoms with Crippen molar-refractivity contribution < 1.29 is 9.53 Å². The fraction of sp³-hybridized carbons (Fsp3) is 1.00. The van der Waals surface area contributed by atoms with Crippen molar-refractivity contribution in [2.45, 2.75) is 63.7 Å². The van der Waals surface area contributed by atoms with Crippen LogP contribution in [0, 0.1) is 5.92 Å². The van der Waals surface area contributed by atoms with Crippen LogP contribution in [-0.4, -0.2) is 34.0 Å². The molecule has 94 valence electrons. The summed E-state index contributed by atoms with van der Waals surface area (Å²) in [5.74, 6) is 1.02. The maximum absolute atomic E-state index is 9.89. The summed E-state index contributed by atoms with van der Waals surface area (Å²) in [5, 5.41) is 10.2. The normalized spacial score (nSPS) is 32.0. The Balaban J connectivity index is 2.46. The van der Waals surface area contributed by atoms with E-state index >= 15 is 0 Å². The van der Waals surface area contributed by atoms with Crippen molar-refractivity contribution in [2.75, 3.05) is 6.61 Å². The monoisotopic (exact) mass is 242 g/mol. The molecule has 1 aliphatic rings. The first kappa shape index (κ1) is 14.3. The number of aliphatic hydroxyl groups is 1. The van der Waals surface area contributed by atoms with E-state index in [0.717, 1.165) is 19.4 Å². The van der Waals surface area contributed by atoms with Gasteiger partial charge >= 0.3 is 0 Å². The summed E-state index contributed by atoms with van der Waals surface area (Å²) >= 11 is 0. The number of hydrogen-bond donors (Lipinski definition) is 1. The minimum absolute atomic E-state index is 0.139. The second-order valence-corrected chi connectivity index (χ2v) is 11.8. The molecule has 1 aliphatic carbocycles. The van der Waals surface area contributed by atoms with Crippen molar-refractivity contribution in [1.82, 2.24) is 0 Å². The lowest BCUT2D eigenvalue weighted by Crippen LogP contribution is -2.42.